The number of ether oxygens (including phenoxy) is 1. The van der Waals surface area contributed by atoms with Gasteiger partial charge < -0.3 is 9.64 Å². The van der Waals surface area contributed by atoms with E-state index in [2.05, 4.69) is 44.7 Å². The average Bonchev–Trinajstić information content (AvgIpc) is 3.38. The Kier molecular flexibility index (Phi) is 8.05. The summed E-state index contributed by atoms with van der Waals surface area (Å²) in [6.45, 7) is 15.0. The molecule has 0 N–H and O–H groups in total. The summed E-state index contributed by atoms with van der Waals surface area (Å²) in [7, 11) is 4.40. The number of ketones is 1. The summed E-state index contributed by atoms with van der Waals surface area (Å²) >= 11 is 0. The van der Waals surface area contributed by atoms with E-state index in [4.69, 9.17) is 4.74 Å². The van der Waals surface area contributed by atoms with E-state index in [0.717, 1.165) is 49.5 Å². The van der Waals surface area contributed by atoms with Gasteiger partial charge in [-0.2, -0.15) is 0 Å². The second-order valence-electron chi connectivity index (χ2n) is 14.4. The van der Waals surface area contributed by atoms with Crippen LogP contribution in [0.5, 0.6) is 0 Å². The second-order valence-corrected chi connectivity index (χ2v) is 14.4. The van der Waals surface area contributed by atoms with Crippen LogP contribution in [0, 0.1) is 35.0 Å². The molecule has 0 aromatic rings. The summed E-state index contributed by atoms with van der Waals surface area (Å²) in [5, 5.41) is 0. The summed E-state index contributed by atoms with van der Waals surface area (Å²) < 4.78 is 7.14. The molecule has 0 aromatic heterocycles. The largest absolute Gasteiger partial charge is 0.370 e. The number of allylic oxidation sites excluding steroid dienone is 1. The highest BCUT2D eigenvalue weighted by Crippen LogP contribution is 2.64. The Morgan fingerprint density at radius 1 is 1.11 bits per heavy atom. The molecule has 0 bridgehead atoms. The highest BCUT2D eigenvalue weighted by atomic mass is 16.5. The van der Waals surface area contributed by atoms with Crippen LogP contribution in [0.1, 0.15) is 105 Å². The van der Waals surface area contributed by atoms with E-state index >= 15 is 0 Å². The van der Waals surface area contributed by atoms with E-state index in [1.807, 2.05) is 19.4 Å². The zero-order valence-electron chi connectivity index (χ0n) is 25.2. The SMILES string of the molecule is CC.CC1=C2CC3C(CCC4CC(=O)CCC43C)C2CCC2(C1)CC1C(CC(C)CN1CCN(C)C)O2. The van der Waals surface area contributed by atoms with Crippen molar-refractivity contribution in [1.82, 2.24) is 9.80 Å². The maximum atomic E-state index is 12.2. The number of likely N-dealkylation sites (N-methyl/N-ethyl adjacent to an activating group) is 1. The lowest BCUT2D eigenvalue weighted by Gasteiger charge is -2.52. The number of carbonyl (C=O) groups is 1. The third kappa shape index (κ3) is 5.02. The zero-order valence-corrected chi connectivity index (χ0v) is 25.2. The van der Waals surface area contributed by atoms with Gasteiger partial charge in [-0.25, -0.2) is 0 Å². The molecule has 4 aliphatic carbocycles. The van der Waals surface area contributed by atoms with Crippen LogP contribution in [-0.4, -0.2) is 67.1 Å². The van der Waals surface area contributed by atoms with E-state index in [0.29, 0.717) is 29.3 Å². The Morgan fingerprint density at radius 2 is 1.89 bits per heavy atom. The summed E-state index contributed by atoms with van der Waals surface area (Å²) in [6.07, 6.45) is 13.5. The molecule has 6 rings (SSSR count). The first-order valence-electron chi connectivity index (χ1n) is 15.9. The third-order valence-electron chi connectivity index (χ3n) is 11.9. The van der Waals surface area contributed by atoms with Crippen molar-refractivity contribution < 1.29 is 9.53 Å². The Morgan fingerprint density at radius 3 is 2.65 bits per heavy atom. The molecule has 0 aromatic carbocycles. The fraction of sp³-hybridized carbons (Fsp3) is 0.909. The molecule has 37 heavy (non-hydrogen) atoms. The molecule has 4 heteroatoms. The maximum Gasteiger partial charge on any atom is 0.133 e. The molecule has 0 radical (unpaired) electrons. The van der Waals surface area contributed by atoms with Crippen molar-refractivity contribution in [3.63, 3.8) is 0 Å². The van der Waals surface area contributed by atoms with E-state index < -0.39 is 0 Å². The van der Waals surface area contributed by atoms with Crippen LogP contribution in [0.15, 0.2) is 11.1 Å². The highest BCUT2D eigenvalue weighted by Gasteiger charge is 2.58. The van der Waals surface area contributed by atoms with Gasteiger partial charge in [-0.3, -0.25) is 9.69 Å². The topological polar surface area (TPSA) is 32.8 Å². The molecule has 1 spiro atoms. The van der Waals surface area contributed by atoms with Crippen molar-refractivity contribution >= 4 is 5.78 Å². The number of hydrogen-bond acceptors (Lipinski definition) is 4. The molecule has 6 aliphatic rings. The van der Waals surface area contributed by atoms with Gasteiger partial charge >= 0.3 is 0 Å². The minimum atomic E-state index is 0.0744. The number of likely N-dealkylation sites (tertiary alicyclic amines) is 1. The molecular formula is C33H56N2O2. The zero-order chi connectivity index (χ0) is 26.5. The highest BCUT2D eigenvalue weighted by molar-refractivity contribution is 5.79. The fourth-order valence-corrected chi connectivity index (χ4v) is 10.1. The Hall–Kier alpha value is -0.710. The molecule has 4 nitrogen and oxygen atoms in total. The number of carbonyl (C=O) groups excluding carboxylic acids is 1. The van der Waals surface area contributed by atoms with Crippen LogP contribution in [0.4, 0.5) is 0 Å². The minimum absolute atomic E-state index is 0.0744. The standard InChI is InChI=1S/C31H50N2O2.C2H6/c1-20-14-29-28(33(19-20)13-12-32(4)5)18-31(35-29)11-9-24-25-7-6-22-15-23(34)8-10-30(22,3)27(25)16-26(24)21(2)17-31;1-2/h20,22,24-25,27-29H,6-19H2,1-5H3;1-2H3. The molecule has 210 valence electrons. The van der Waals surface area contributed by atoms with Gasteiger partial charge in [0.25, 0.3) is 0 Å². The lowest BCUT2D eigenvalue weighted by Crippen LogP contribution is -2.50. The minimum Gasteiger partial charge on any atom is -0.370 e. The van der Waals surface area contributed by atoms with Crippen molar-refractivity contribution in [2.24, 2.45) is 35.0 Å². The maximum absolute atomic E-state index is 12.2. The first-order chi connectivity index (χ1) is 17.7. The van der Waals surface area contributed by atoms with Crippen molar-refractivity contribution in [1.29, 1.82) is 0 Å². The molecule has 3 saturated carbocycles. The van der Waals surface area contributed by atoms with Crippen LogP contribution >= 0.6 is 0 Å². The number of nitrogens with zero attached hydrogens (tertiary/aromatic N) is 2. The number of Topliss-reactive ketones (excluding diaryl/α,β-unsaturated/α-hetero) is 1. The normalized spacial score (nSPS) is 45.6. The third-order valence-corrected chi connectivity index (χ3v) is 11.9. The summed E-state index contributed by atoms with van der Waals surface area (Å²) in [5.41, 5.74) is 3.98. The Balaban J connectivity index is 0.00000137. The molecule has 5 fully saturated rings. The van der Waals surface area contributed by atoms with Gasteiger partial charge in [-0.05, 0) is 114 Å². The molecule has 9 unspecified atom stereocenters. The van der Waals surface area contributed by atoms with Crippen LogP contribution in [0.3, 0.4) is 0 Å². The average molecular weight is 513 g/mol. The molecule has 9 atom stereocenters. The number of piperidine rings is 1. The fourth-order valence-electron chi connectivity index (χ4n) is 10.1. The van der Waals surface area contributed by atoms with Gasteiger partial charge in [0, 0.05) is 38.5 Å². The van der Waals surface area contributed by atoms with Gasteiger partial charge in [0.2, 0.25) is 0 Å². The van der Waals surface area contributed by atoms with E-state index in [-0.39, 0.29) is 5.60 Å². The number of rotatable bonds is 3. The van der Waals surface area contributed by atoms with Gasteiger partial charge in [0.15, 0.2) is 0 Å². The molecule has 2 saturated heterocycles. The van der Waals surface area contributed by atoms with Gasteiger partial charge in [0.1, 0.15) is 5.78 Å². The molecular weight excluding hydrogens is 456 g/mol. The predicted molar refractivity (Wildman–Crippen MR) is 153 cm³/mol. The Bertz CT molecular complexity index is 882. The van der Waals surface area contributed by atoms with Crippen molar-refractivity contribution in [3.8, 4) is 0 Å². The van der Waals surface area contributed by atoms with Crippen molar-refractivity contribution in [2.75, 3.05) is 33.7 Å². The first-order valence-corrected chi connectivity index (χ1v) is 15.9. The number of hydrogen-bond donors (Lipinski definition) is 0. The summed E-state index contributed by atoms with van der Waals surface area (Å²) in [4.78, 5) is 17.4. The van der Waals surface area contributed by atoms with Gasteiger partial charge in [0.05, 0.1) is 11.7 Å². The van der Waals surface area contributed by atoms with Crippen molar-refractivity contribution in [2.45, 2.75) is 123 Å². The first kappa shape index (κ1) is 27.8. The van der Waals surface area contributed by atoms with Crippen LogP contribution in [0.2, 0.25) is 0 Å². The lowest BCUT2D eigenvalue weighted by atomic mass is 9.52. The molecule has 0 amide bonds. The van der Waals surface area contributed by atoms with E-state index in [1.54, 1.807) is 5.57 Å². The monoisotopic (exact) mass is 512 g/mol. The van der Waals surface area contributed by atoms with Crippen LogP contribution < -0.4 is 0 Å². The Labute approximate surface area is 227 Å². The quantitative estimate of drug-likeness (QED) is 0.392. The summed E-state index contributed by atoms with van der Waals surface area (Å²) in [5.74, 6) is 4.36. The second kappa shape index (κ2) is 10.7. The predicted octanol–water partition coefficient (Wildman–Crippen LogP) is 6.73. The van der Waals surface area contributed by atoms with E-state index in [1.165, 1.54) is 64.5 Å². The number of fused-ring (bicyclic) bond motifs is 6. The smallest absolute Gasteiger partial charge is 0.133 e. The molecule has 2 aliphatic heterocycles. The van der Waals surface area contributed by atoms with E-state index in [9.17, 15) is 4.79 Å². The van der Waals surface area contributed by atoms with Crippen LogP contribution in [0.25, 0.3) is 0 Å². The lowest BCUT2D eigenvalue weighted by molar-refractivity contribution is -0.129. The van der Waals surface area contributed by atoms with Gasteiger partial charge in [-0.15, -0.1) is 0 Å². The van der Waals surface area contributed by atoms with Crippen molar-refractivity contribution in [3.05, 3.63) is 11.1 Å². The summed E-state index contributed by atoms with van der Waals surface area (Å²) in [6, 6.07) is 0.615. The van der Waals surface area contributed by atoms with Crippen LogP contribution in [-0.2, 0) is 9.53 Å². The molecule has 2 heterocycles. The van der Waals surface area contributed by atoms with Gasteiger partial charge in [-0.1, -0.05) is 38.8 Å².